The minimum atomic E-state index is -4.16. The maximum absolute atomic E-state index is 11.3. The van der Waals surface area contributed by atoms with Gasteiger partial charge in [0.25, 0.3) is 0 Å². The van der Waals surface area contributed by atoms with Crippen molar-refractivity contribution in [3.05, 3.63) is 0 Å². The van der Waals surface area contributed by atoms with Gasteiger partial charge in [0.2, 0.25) is 0 Å². The Bertz CT molecular complexity index is 347. The molecule has 0 radical (unpaired) electrons. The van der Waals surface area contributed by atoms with E-state index in [-0.39, 0.29) is 36.2 Å². The molecule has 140 valence electrons. The molecule has 0 heterocycles. The average molecular weight is 373 g/mol. The largest absolute Gasteiger partial charge is 1.00 e. The second-order valence-electron chi connectivity index (χ2n) is 6.66. The van der Waals surface area contributed by atoms with Crippen molar-refractivity contribution in [2.75, 3.05) is 6.61 Å². The van der Waals surface area contributed by atoms with E-state index in [4.69, 9.17) is 5.11 Å². The van der Waals surface area contributed by atoms with Crippen molar-refractivity contribution in [1.82, 2.24) is 0 Å². The molecule has 1 N–H and O–H groups in total. The topological polar surface area (TPSA) is 77.4 Å². The Morgan fingerprint density at radius 2 is 1.12 bits per heavy atom. The molecule has 4 nitrogen and oxygen atoms in total. The fourth-order valence-electron chi connectivity index (χ4n) is 2.95. The third-order valence-corrected chi connectivity index (χ3v) is 5.76. The van der Waals surface area contributed by atoms with Gasteiger partial charge < -0.3 is 9.66 Å². The van der Waals surface area contributed by atoms with E-state index in [0.717, 1.165) is 51.4 Å². The SMILES string of the molecule is CCCCCCCCCCC(CCCCCCCO)S(=O)(=O)[O-].[Na+]. The summed E-state index contributed by atoms with van der Waals surface area (Å²) in [5, 5.41) is 8.00. The summed E-state index contributed by atoms with van der Waals surface area (Å²) in [7, 11) is -4.16. The molecule has 0 aromatic carbocycles. The van der Waals surface area contributed by atoms with Gasteiger partial charge in [-0.3, -0.25) is 0 Å². The van der Waals surface area contributed by atoms with Crippen LogP contribution in [0, 0.1) is 0 Å². The number of rotatable bonds is 17. The van der Waals surface area contributed by atoms with E-state index in [1.165, 1.54) is 32.1 Å². The summed E-state index contributed by atoms with van der Waals surface area (Å²) in [5.41, 5.74) is 0. The summed E-state index contributed by atoms with van der Waals surface area (Å²) < 4.78 is 34.0. The third kappa shape index (κ3) is 17.7. The minimum Gasteiger partial charge on any atom is -0.748 e. The van der Waals surface area contributed by atoms with Crippen molar-refractivity contribution < 1.29 is 47.6 Å². The second kappa shape index (κ2) is 18.7. The summed E-state index contributed by atoms with van der Waals surface area (Å²) in [6.45, 7) is 2.42. The normalized spacial score (nSPS) is 12.8. The maximum atomic E-state index is 11.3. The van der Waals surface area contributed by atoms with Crippen LogP contribution in [0.3, 0.4) is 0 Å². The molecule has 0 bridgehead atoms. The van der Waals surface area contributed by atoms with Crippen LogP contribution in [0.1, 0.15) is 103 Å². The molecule has 0 amide bonds. The van der Waals surface area contributed by atoms with Crippen molar-refractivity contribution in [2.45, 2.75) is 108 Å². The van der Waals surface area contributed by atoms with Gasteiger partial charge in [0, 0.05) is 11.9 Å². The summed E-state index contributed by atoms with van der Waals surface area (Å²) >= 11 is 0. The first-order valence-electron chi connectivity index (χ1n) is 9.58. The van der Waals surface area contributed by atoms with E-state index >= 15 is 0 Å². The van der Waals surface area contributed by atoms with Gasteiger partial charge in [-0.2, -0.15) is 0 Å². The van der Waals surface area contributed by atoms with Gasteiger partial charge in [0.1, 0.15) is 0 Å². The van der Waals surface area contributed by atoms with Crippen molar-refractivity contribution in [3.63, 3.8) is 0 Å². The molecule has 0 saturated heterocycles. The Hall–Kier alpha value is 0.870. The van der Waals surface area contributed by atoms with Crippen molar-refractivity contribution in [2.24, 2.45) is 0 Å². The summed E-state index contributed by atoms with van der Waals surface area (Å²) in [4.78, 5) is 0. The fraction of sp³-hybridized carbons (Fsp3) is 1.00. The second-order valence-corrected chi connectivity index (χ2v) is 8.31. The summed E-state index contributed by atoms with van der Waals surface area (Å²) in [6, 6.07) is 0. The number of aliphatic hydroxyl groups is 1. The predicted octanol–water partition coefficient (Wildman–Crippen LogP) is 1.77. The van der Waals surface area contributed by atoms with Crippen LogP contribution < -0.4 is 29.6 Å². The van der Waals surface area contributed by atoms with E-state index in [0.29, 0.717) is 12.8 Å². The van der Waals surface area contributed by atoms with Crippen LogP contribution in [0.2, 0.25) is 0 Å². The molecule has 0 aromatic rings. The standard InChI is InChI=1S/C18H38O4S.Na/c1-2-3-4-5-6-7-9-12-15-18(23(20,21)22)16-13-10-8-11-14-17-19;/h18-19H,2-17H2,1H3,(H,20,21,22);/q;+1/p-1. The first kappa shape index (κ1) is 27.1. The van der Waals surface area contributed by atoms with Crippen LogP contribution in [0.25, 0.3) is 0 Å². The predicted molar refractivity (Wildman–Crippen MR) is 95.5 cm³/mol. The van der Waals surface area contributed by atoms with Gasteiger partial charge in [0.15, 0.2) is 0 Å². The molecule has 0 spiro atoms. The molecular formula is C18H37NaO4S. The Balaban J connectivity index is 0. The van der Waals surface area contributed by atoms with E-state index < -0.39 is 15.4 Å². The van der Waals surface area contributed by atoms with E-state index in [1.54, 1.807) is 0 Å². The van der Waals surface area contributed by atoms with E-state index in [2.05, 4.69) is 6.92 Å². The fourth-order valence-corrected chi connectivity index (χ4v) is 3.86. The van der Waals surface area contributed by atoms with Crippen molar-refractivity contribution in [1.29, 1.82) is 0 Å². The number of unbranched alkanes of at least 4 members (excludes halogenated alkanes) is 11. The van der Waals surface area contributed by atoms with Gasteiger partial charge >= 0.3 is 29.6 Å². The first-order chi connectivity index (χ1) is 11.0. The zero-order valence-electron chi connectivity index (χ0n) is 16.0. The molecule has 0 aliphatic heterocycles. The number of hydrogen-bond acceptors (Lipinski definition) is 4. The molecule has 0 aliphatic carbocycles. The molecule has 1 unspecified atom stereocenters. The van der Waals surface area contributed by atoms with Crippen molar-refractivity contribution in [3.8, 4) is 0 Å². The van der Waals surface area contributed by atoms with Crippen LogP contribution >= 0.6 is 0 Å². The van der Waals surface area contributed by atoms with Gasteiger partial charge in [-0.05, 0) is 19.3 Å². The van der Waals surface area contributed by atoms with Gasteiger partial charge in [-0.15, -0.1) is 0 Å². The zero-order chi connectivity index (χ0) is 17.4. The Kier molecular flexibility index (Phi) is 21.1. The van der Waals surface area contributed by atoms with E-state index in [1.807, 2.05) is 0 Å². The Morgan fingerprint density at radius 3 is 1.50 bits per heavy atom. The van der Waals surface area contributed by atoms with Crippen LogP contribution in [0.4, 0.5) is 0 Å². The van der Waals surface area contributed by atoms with Gasteiger partial charge in [-0.25, -0.2) is 8.42 Å². The summed E-state index contributed by atoms with van der Waals surface area (Å²) in [5.74, 6) is 0. The molecule has 0 saturated carbocycles. The van der Waals surface area contributed by atoms with E-state index in [9.17, 15) is 13.0 Å². The quantitative estimate of drug-likeness (QED) is 0.240. The number of aliphatic hydroxyl groups excluding tert-OH is 1. The average Bonchev–Trinajstić information content (AvgIpc) is 2.50. The molecule has 0 aliphatic rings. The van der Waals surface area contributed by atoms with Gasteiger partial charge in [-0.1, -0.05) is 84.0 Å². The monoisotopic (exact) mass is 372 g/mol. The Morgan fingerprint density at radius 1 is 0.750 bits per heavy atom. The van der Waals surface area contributed by atoms with Crippen LogP contribution in [0.5, 0.6) is 0 Å². The minimum absolute atomic E-state index is 0. The molecule has 6 heteroatoms. The molecule has 0 aromatic heterocycles. The molecule has 1 atom stereocenters. The number of hydrogen-bond donors (Lipinski definition) is 1. The van der Waals surface area contributed by atoms with Crippen molar-refractivity contribution >= 4 is 10.1 Å². The van der Waals surface area contributed by atoms with Crippen LogP contribution in [-0.2, 0) is 10.1 Å². The molecular weight excluding hydrogens is 335 g/mol. The smallest absolute Gasteiger partial charge is 0.748 e. The van der Waals surface area contributed by atoms with Crippen LogP contribution in [0.15, 0.2) is 0 Å². The molecule has 24 heavy (non-hydrogen) atoms. The molecule has 0 rings (SSSR count). The zero-order valence-corrected chi connectivity index (χ0v) is 18.8. The van der Waals surface area contributed by atoms with Crippen LogP contribution in [-0.4, -0.2) is 29.9 Å². The maximum Gasteiger partial charge on any atom is 1.00 e. The third-order valence-electron chi connectivity index (χ3n) is 4.47. The first-order valence-corrected chi connectivity index (χ1v) is 11.0. The van der Waals surface area contributed by atoms with Gasteiger partial charge in [0.05, 0.1) is 10.1 Å². The summed E-state index contributed by atoms with van der Waals surface area (Å²) in [6.07, 6.45) is 14.9. The molecule has 0 fully saturated rings. The Labute approximate surface area is 172 Å².